The molecule has 1 N–H and O–H groups in total. The van der Waals surface area contributed by atoms with Crippen molar-refractivity contribution in [1.29, 1.82) is 0 Å². The van der Waals surface area contributed by atoms with E-state index in [9.17, 15) is 24.0 Å². The summed E-state index contributed by atoms with van der Waals surface area (Å²) in [6, 6.07) is -1.26. The van der Waals surface area contributed by atoms with E-state index < -0.39 is 67.0 Å². The summed E-state index contributed by atoms with van der Waals surface area (Å²) in [5.74, 6) is -3.56. The van der Waals surface area contributed by atoms with Gasteiger partial charge in [-0.15, -0.1) is 11.3 Å². The van der Waals surface area contributed by atoms with Gasteiger partial charge in [-0.3, -0.25) is 24.0 Å². The molecule has 2 heterocycles. The maximum absolute atomic E-state index is 12.6. The zero-order chi connectivity index (χ0) is 23.1. The Kier molecular flexibility index (Phi) is 8.45. The Morgan fingerprint density at radius 3 is 2.10 bits per heavy atom. The van der Waals surface area contributed by atoms with Gasteiger partial charge in [-0.1, -0.05) is 0 Å². The summed E-state index contributed by atoms with van der Waals surface area (Å²) in [5.41, 5.74) is 1.51. The molecule has 31 heavy (non-hydrogen) atoms. The maximum Gasteiger partial charge on any atom is 0.305 e. The minimum atomic E-state index is -1.45. The number of amides is 1. The van der Waals surface area contributed by atoms with Crippen molar-refractivity contribution in [3.8, 4) is 0 Å². The monoisotopic (exact) mass is 458 g/mol. The Morgan fingerprint density at radius 1 is 0.968 bits per heavy atom. The number of carbonyl (C=O) groups is 5. The van der Waals surface area contributed by atoms with Crippen LogP contribution in [-0.2, 0) is 42.9 Å². The van der Waals surface area contributed by atoms with Gasteiger partial charge in [0.05, 0.1) is 5.51 Å². The molecule has 0 aromatic carbocycles. The second-order valence-electron chi connectivity index (χ2n) is 6.48. The predicted molar refractivity (Wildman–Crippen MR) is 102 cm³/mol. The van der Waals surface area contributed by atoms with E-state index in [0.29, 0.717) is 0 Å². The lowest BCUT2D eigenvalue weighted by Gasteiger charge is -2.44. The predicted octanol–water partition coefficient (Wildman–Crippen LogP) is -0.0440. The summed E-state index contributed by atoms with van der Waals surface area (Å²) in [7, 11) is 0. The smallest absolute Gasteiger partial charge is 0.305 e. The Balaban J connectivity index is 2.42. The van der Waals surface area contributed by atoms with Gasteiger partial charge >= 0.3 is 23.9 Å². The van der Waals surface area contributed by atoms with Gasteiger partial charge in [0.25, 0.3) is 5.91 Å². The summed E-state index contributed by atoms with van der Waals surface area (Å²) in [6.45, 7) is 4.11. The highest BCUT2D eigenvalue weighted by molar-refractivity contribution is 7.07. The molecule has 12 nitrogen and oxygen atoms in total. The molecule has 1 fully saturated rings. The van der Waals surface area contributed by atoms with Crippen molar-refractivity contribution in [2.75, 3.05) is 6.61 Å². The molecule has 13 heteroatoms. The highest BCUT2D eigenvalue weighted by Crippen LogP contribution is 2.28. The lowest BCUT2D eigenvalue weighted by atomic mass is 9.96. The minimum absolute atomic E-state index is 0.0687. The number of nitrogens with zero attached hydrogens (tertiary/aromatic N) is 1. The molecule has 0 spiro atoms. The average Bonchev–Trinajstić information content (AvgIpc) is 3.18. The molecule has 0 bridgehead atoms. The van der Waals surface area contributed by atoms with Crippen LogP contribution in [0.2, 0.25) is 0 Å². The molecule has 0 unspecified atom stereocenters. The van der Waals surface area contributed by atoms with E-state index in [1.54, 1.807) is 0 Å². The normalized spacial score (nSPS) is 25.1. The van der Waals surface area contributed by atoms with Crippen molar-refractivity contribution < 1.29 is 47.7 Å². The maximum atomic E-state index is 12.6. The van der Waals surface area contributed by atoms with Gasteiger partial charge < -0.3 is 29.0 Å². The summed E-state index contributed by atoms with van der Waals surface area (Å²) in [4.78, 5) is 62.8. The number of nitrogens with one attached hydrogen (secondary N) is 1. The quantitative estimate of drug-likeness (QED) is 0.432. The standard InChI is InChI=1S/C18H22N2O10S/c1-8(21)26-5-13-15(27-9(2)22)16(28-10(3)23)14(18(30-13)29-11(4)24)20-17(25)12-6-31-7-19-12/h6-7,13-16,18H,5H2,1-4H3,(H,20,25)/t13-,14-,15-,16-,18-/m1/s1. The first-order chi connectivity index (χ1) is 14.6. The van der Waals surface area contributed by atoms with Crippen molar-refractivity contribution in [1.82, 2.24) is 10.3 Å². The van der Waals surface area contributed by atoms with Gasteiger partial charge in [0.15, 0.2) is 12.2 Å². The van der Waals surface area contributed by atoms with E-state index in [2.05, 4.69) is 10.3 Å². The number of rotatable bonds is 7. The number of esters is 4. The van der Waals surface area contributed by atoms with Gasteiger partial charge in [0, 0.05) is 33.1 Å². The molecule has 170 valence electrons. The van der Waals surface area contributed by atoms with Crippen LogP contribution in [0.25, 0.3) is 0 Å². The molecule has 1 saturated heterocycles. The fourth-order valence-electron chi connectivity index (χ4n) is 2.87. The van der Waals surface area contributed by atoms with E-state index in [-0.39, 0.29) is 5.69 Å². The molecular weight excluding hydrogens is 436 g/mol. The first kappa shape index (κ1) is 24.2. The van der Waals surface area contributed by atoms with Crippen LogP contribution in [0.15, 0.2) is 10.9 Å². The fraction of sp³-hybridized carbons (Fsp3) is 0.556. The topological polar surface area (TPSA) is 156 Å². The number of ether oxygens (including phenoxy) is 5. The number of thiazole rings is 1. The van der Waals surface area contributed by atoms with Crippen LogP contribution in [-0.4, -0.2) is 72.0 Å². The van der Waals surface area contributed by atoms with Crippen LogP contribution in [0.3, 0.4) is 0 Å². The molecule has 5 atom stereocenters. The van der Waals surface area contributed by atoms with Gasteiger partial charge in [0.2, 0.25) is 6.29 Å². The summed E-state index contributed by atoms with van der Waals surface area (Å²) < 4.78 is 26.4. The SMILES string of the molecule is CC(=O)OC[C@H]1O[C@@H](OC(C)=O)[C@H](NC(=O)c2cscn2)[C@@H](OC(C)=O)[C@@H]1OC(C)=O. The molecule has 1 aliphatic rings. The van der Waals surface area contributed by atoms with Gasteiger partial charge in [-0.05, 0) is 0 Å². The second-order valence-corrected chi connectivity index (χ2v) is 7.19. The lowest BCUT2D eigenvalue weighted by molar-refractivity contribution is -0.270. The Morgan fingerprint density at radius 2 is 1.58 bits per heavy atom. The van der Waals surface area contributed by atoms with Crippen LogP contribution in [0.5, 0.6) is 0 Å². The van der Waals surface area contributed by atoms with Gasteiger partial charge in [0.1, 0.15) is 24.4 Å². The zero-order valence-electron chi connectivity index (χ0n) is 17.2. The van der Waals surface area contributed by atoms with E-state index in [4.69, 9.17) is 23.7 Å². The second kappa shape index (κ2) is 10.8. The molecule has 0 aliphatic carbocycles. The molecule has 2 rings (SSSR count). The van der Waals surface area contributed by atoms with Gasteiger partial charge in [-0.2, -0.15) is 0 Å². The Labute approximate surface area is 181 Å². The number of hydrogen-bond acceptors (Lipinski definition) is 12. The number of hydrogen-bond donors (Lipinski definition) is 1. The summed E-state index contributed by atoms with van der Waals surface area (Å²) in [5, 5.41) is 4.03. The van der Waals surface area contributed by atoms with E-state index in [1.165, 1.54) is 22.2 Å². The molecule has 0 saturated carbocycles. The van der Waals surface area contributed by atoms with E-state index >= 15 is 0 Å². The van der Waals surface area contributed by atoms with Crippen LogP contribution >= 0.6 is 11.3 Å². The molecular formula is C18H22N2O10S. The largest absolute Gasteiger partial charge is 0.463 e. The van der Waals surface area contributed by atoms with E-state index in [0.717, 1.165) is 27.7 Å². The highest BCUT2D eigenvalue weighted by atomic mass is 32.1. The van der Waals surface area contributed by atoms with Crippen molar-refractivity contribution in [2.45, 2.75) is 58.3 Å². The van der Waals surface area contributed by atoms with Crippen LogP contribution in [0.4, 0.5) is 0 Å². The molecule has 1 aromatic heterocycles. The van der Waals surface area contributed by atoms with Crippen molar-refractivity contribution in [2.24, 2.45) is 0 Å². The van der Waals surface area contributed by atoms with Crippen molar-refractivity contribution >= 4 is 41.1 Å². The molecule has 1 amide bonds. The van der Waals surface area contributed by atoms with Crippen LogP contribution < -0.4 is 5.32 Å². The van der Waals surface area contributed by atoms with Gasteiger partial charge in [-0.25, -0.2) is 4.98 Å². The number of carbonyl (C=O) groups excluding carboxylic acids is 5. The third kappa shape index (κ3) is 7.00. The first-order valence-electron chi connectivity index (χ1n) is 9.08. The summed E-state index contributed by atoms with van der Waals surface area (Å²) >= 11 is 1.18. The van der Waals surface area contributed by atoms with E-state index in [1.807, 2.05) is 0 Å². The number of aromatic nitrogens is 1. The Bertz CT molecular complexity index is 827. The summed E-state index contributed by atoms with van der Waals surface area (Å²) in [6.07, 6.45) is -5.22. The average molecular weight is 458 g/mol. The van der Waals surface area contributed by atoms with Crippen LogP contribution in [0, 0.1) is 0 Å². The Hall–Kier alpha value is -3.06. The third-order valence-corrected chi connectivity index (χ3v) is 4.53. The zero-order valence-corrected chi connectivity index (χ0v) is 18.0. The first-order valence-corrected chi connectivity index (χ1v) is 10.0. The molecule has 1 aromatic rings. The lowest BCUT2D eigenvalue weighted by Crippen LogP contribution is -2.67. The van der Waals surface area contributed by atoms with Crippen molar-refractivity contribution in [3.05, 3.63) is 16.6 Å². The molecule has 0 radical (unpaired) electrons. The highest BCUT2D eigenvalue weighted by Gasteiger charge is 2.52. The molecule has 1 aliphatic heterocycles. The van der Waals surface area contributed by atoms with Crippen LogP contribution in [0.1, 0.15) is 38.2 Å². The minimum Gasteiger partial charge on any atom is -0.463 e. The third-order valence-electron chi connectivity index (χ3n) is 3.95. The van der Waals surface area contributed by atoms with Crippen molar-refractivity contribution in [3.63, 3.8) is 0 Å². The fourth-order valence-corrected chi connectivity index (χ4v) is 3.40.